The molecule has 4 nitrogen and oxygen atoms in total. The summed E-state index contributed by atoms with van der Waals surface area (Å²) in [5.41, 5.74) is 6.27. The van der Waals surface area contributed by atoms with Crippen LogP contribution in [-0.2, 0) is 0 Å². The Kier molecular flexibility index (Phi) is 2.82. The summed E-state index contributed by atoms with van der Waals surface area (Å²) in [6.45, 7) is 0. The first-order chi connectivity index (χ1) is 7.77. The molecule has 0 amide bonds. The van der Waals surface area contributed by atoms with Gasteiger partial charge in [-0.05, 0) is 17.7 Å². The Morgan fingerprint density at radius 2 is 1.94 bits per heavy atom. The molecule has 1 aromatic carbocycles. The highest BCUT2D eigenvalue weighted by Gasteiger charge is 1.95. The molecule has 0 radical (unpaired) electrons. The molecule has 0 fully saturated rings. The lowest BCUT2D eigenvalue weighted by Gasteiger charge is -2.01. The van der Waals surface area contributed by atoms with E-state index in [4.69, 9.17) is 5.73 Å². The lowest BCUT2D eigenvalue weighted by atomic mass is 10.2. The number of benzene rings is 1. The largest absolute Gasteiger partial charge is 0.385 e. The maximum absolute atomic E-state index is 11.4. The zero-order chi connectivity index (χ0) is 11.4. The van der Waals surface area contributed by atoms with E-state index in [9.17, 15) is 4.79 Å². The molecule has 0 unspecified atom stereocenters. The van der Waals surface area contributed by atoms with Gasteiger partial charge in [-0.15, -0.1) is 0 Å². The van der Waals surface area contributed by atoms with Crippen molar-refractivity contribution >= 4 is 18.1 Å². The highest BCUT2D eigenvalue weighted by atomic mass is 16.1. The van der Waals surface area contributed by atoms with Gasteiger partial charge in [0.25, 0.3) is 0 Å². The standard InChI is InChI=1S/C12H11N3O/c13-11-6-8-14-12(16)15(11)9-7-10-4-2-1-3-5-10/h1-9H,13H2/b9-7+. The van der Waals surface area contributed by atoms with Crippen LogP contribution in [0.2, 0.25) is 0 Å². The molecule has 80 valence electrons. The summed E-state index contributed by atoms with van der Waals surface area (Å²) in [7, 11) is 0. The monoisotopic (exact) mass is 213 g/mol. The molecule has 0 saturated carbocycles. The fourth-order valence-corrected chi connectivity index (χ4v) is 1.30. The van der Waals surface area contributed by atoms with Gasteiger partial charge in [-0.25, -0.2) is 9.78 Å². The number of nitrogen functional groups attached to an aromatic ring is 1. The van der Waals surface area contributed by atoms with E-state index in [1.54, 1.807) is 18.3 Å². The fourth-order valence-electron chi connectivity index (χ4n) is 1.30. The second-order valence-electron chi connectivity index (χ2n) is 3.25. The van der Waals surface area contributed by atoms with Gasteiger partial charge in [0.15, 0.2) is 0 Å². The van der Waals surface area contributed by atoms with Crippen LogP contribution in [0.3, 0.4) is 0 Å². The average molecular weight is 213 g/mol. The van der Waals surface area contributed by atoms with Crippen LogP contribution >= 0.6 is 0 Å². The molecule has 0 aliphatic carbocycles. The molecule has 4 heteroatoms. The highest BCUT2D eigenvalue weighted by Crippen LogP contribution is 2.03. The Balaban J connectivity index is 2.35. The summed E-state index contributed by atoms with van der Waals surface area (Å²) in [4.78, 5) is 15.0. The molecule has 0 bridgehead atoms. The molecular formula is C12H11N3O. The van der Waals surface area contributed by atoms with Crippen LogP contribution in [0.15, 0.2) is 47.4 Å². The van der Waals surface area contributed by atoms with Gasteiger partial charge < -0.3 is 5.73 Å². The van der Waals surface area contributed by atoms with Gasteiger partial charge in [-0.2, -0.15) is 0 Å². The summed E-state index contributed by atoms with van der Waals surface area (Å²) >= 11 is 0. The third-order valence-corrected chi connectivity index (χ3v) is 2.13. The Bertz CT molecular complexity index is 558. The molecule has 16 heavy (non-hydrogen) atoms. The van der Waals surface area contributed by atoms with E-state index in [-0.39, 0.29) is 5.69 Å². The first-order valence-corrected chi connectivity index (χ1v) is 4.83. The lowest BCUT2D eigenvalue weighted by molar-refractivity contribution is 0.976. The van der Waals surface area contributed by atoms with Crippen LogP contribution in [0.4, 0.5) is 5.82 Å². The van der Waals surface area contributed by atoms with Crippen LogP contribution < -0.4 is 11.4 Å². The zero-order valence-corrected chi connectivity index (χ0v) is 8.58. The predicted molar refractivity (Wildman–Crippen MR) is 64.6 cm³/mol. The third kappa shape index (κ3) is 2.17. The number of nitrogens with zero attached hydrogens (tertiary/aromatic N) is 2. The zero-order valence-electron chi connectivity index (χ0n) is 8.58. The minimum absolute atomic E-state index is 0.368. The lowest BCUT2D eigenvalue weighted by Crippen LogP contribution is -2.20. The first-order valence-electron chi connectivity index (χ1n) is 4.83. The summed E-state index contributed by atoms with van der Waals surface area (Å²) in [6.07, 6.45) is 4.81. The highest BCUT2D eigenvalue weighted by molar-refractivity contribution is 5.61. The van der Waals surface area contributed by atoms with Gasteiger partial charge in [0.05, 0.1) is 0 Å². The second-order valence-corrected chi connectivity index (χ2v) is 3.25. The number of hydrogen-bond donors (Lipinski definition) is 1. The van der Waals surface area contributed by atoms with Gasteiger partial charge in [0.2, 0.25) is 0 Å². The van der Waals surface area contributed by atoms with Gasteiger partial charge in [-0.1, -0.05) is 30.3 Å². The fraction of sp³-hybridized carbons (Fsp3) is 0. The van der Waals surface area contributed by atoms with E-state index in [1.165, 1.54) is 10.8 Å². The molecule has 0 atom stereocenters. The molecule has 1 heterocycles. The number of aromatic nitrogens is 2. The normalized spacial score (nSPS) is 10.8. The molecule has 0 aliphatic rings. The van der Waals surface area contributed by atoms with E-state index in [0.29, 0.717) is 5.82 Å². The van der Waals surface area contributed by atoms with Crippen molar-refractivity contribution in [2.24, 2.45) is 0 Å². The molecular weight excluding hydrogens is 202 g/mol. The van der Waals surface area contributed by atoms with E-state index < -0.39 is 0 Å². The van der Waals surface area contributed by atoms with Crippen molar-refractivity contribution in [1.82, 2.24) is 9.55 Å². The maximum atomic E-state index is 11.4. The van der Waals surface area contributed by atoms with Crippen LogP contribution in [0, 0.1) is 0 Å². The third-order valence-electron chi connectivity index (χ3n) is 2.13. The smallest absolute Gasteiger partial charge is 0.353 e. The van der Waals surface area contributed by atoms with Crippen molar-refractivity contribution in [3.63, 3.8) is 0 Å². The first kappa shape index (κ1) is 10.2. The van der Waals surface area contributed by atoms with Gasteiger partial charge in [-0.3, -0.25) is 4.57 Å². The summed E-state index contributed by atoms with van der Waals surface area (Å²) in [5, 5.41) is 0. The Labute approximate surface area is 92.7 Å². The predicted octanol–water partition coefficient (Wildman–Crippen LogP) is 1.45. The molecule has 0 saturated heterocycles. The Morgan fingerprint density at radius 3 is 2.62 bits per heavy atom. The molecule has 0 spiro atoms. The topological polar surface area (TPSA) is 60.9 Å². The van der Waals surface area contributed by atoms with Crippen molar-refractivity contribution in [3.8, 4) is 0 Å². The Hall–Kier alpha value is -2.36. The molecule has 1 aromatic heterocycles. The molecule has 2 rings (SSSR count). The van der Waals surface area contributed by atoms with Crippen LogP contribution in [0.1, 0.15) is 5.56 Å². The number of nitrogens with two attached hydrogens (primary N) is 1. The molecule has 2 aromatic rings. The van der Waals surface area contributed by atoms with Crippen molar-refractivity contribution < 1.29 is 0 Å². The van der Waals surface area contributed by atoms with Crippen LogP contribution in [0.25, 0.3) is 12.3 Å². The summed E-state index contributed by atoms with van der Waals surface area (Å²) in [6, 6.07) is 11.2. The van der Waals surface area contributed by atoms with E-state index in [1.807, 2.05) is 30.3 Å². The van der Waals surface area contributed by atoms with E-state index in [2.05, 4.69) is 4.98 Å². The SMILES string of the molecule is Nc1ccnc(=O)n1/C=C/c1ccccc1. The minimum atomic E-state index is -0.382. The van der Waals surface area contributed by atoms with Crippen LogP contribution in [0.5, 0.6) is 0 Å². The molecule has 0 aliphatic heterocycles. The quantitative estimate of drug-likeness (QED) is 0.821. The molecule has 2 N–H and O–H groups in total. The van der Waals surface area contributed by atoms with Crippen molar-refractivity contribution in [1.29, 1.82) is 0 Å². The van der Waals surface area contributed by atoms with Crippen molar-refractivity contribution in [3.05, 3.63) is 58.6 Å². The average Bonchev–Trinajstić information content (AvgIpc) is 2.30. The van der Waals surface area contributed by atoms with Crippen molar-refractivity contribution in [2.75, 3.05) is 5.73 Å². The number of rotatable bonds is 2. The van der Waals surface area contributed by atoms with Gasteiger partial charge in [0.1, 0.15) is 5.82 Å². The van der Waals surface area contributed by atoms with Crippen LogP contribution in [-0.4, -0.2) is 9.55 Å². The summed E-state index contributed by atoms with van der Waals surface area (Å²) in [5.74, 6) is 0.368. The second kappa shape index (κ2) is 4.44. The van der Waals surface area contributed by atoms with Gasteiger partial charge in [0, 0.05) is 12.4 Å². The minimum Gasteiger partial charge on any atom is -0.385 e. The van der Waals surface area contributed by atoms with Gasteiger partial charge >= 0.3 is 5.69 Å². The number of anilines is 1. The summed E-state index contributed by atoms with van der Waals surface area (Å²) < 4.78 is 1.30. The van der Waals surface area contributed by atoms with Crippen molar-refractivity contribution in [2.45, 2.75) is 0 Å². The van der Waals surface area contributed by atoms with E-state index >= 15 is 0 Å². The Morgan fingerprint density at radius 1 is 1.19 bits per heavy atom. The maximum Gasteiger partial charge on any atom is 0.353 e. The number of hydrogen-bond acceptors (Lipinski definition) is 3. The van der Waals surface area contributed by atoms with E-state index in [0.717, 1.165) is 5.56 Å².